The van der Waals surface area contributed by atoms with Gasteiger partial charge in [0.15, 0.2) is 23.1 Å². The molecule has 1 aliphatic carbocycles. The molecule has 11 rings (SSSR count). The maximum atomic E-state index is 14.7. The molecular weight excluding hydrogens is 1460 g/mol. The van der Waals surface area contributed by atoms with Gasteiger partial charge in [-0.2, -0.15) is 4.99 Å². The summed E-state index contributed by atoms with van der Waals surface area (Å²) in [6.07, 6.45) is 3.55. The molecule has 0 spiro atoms. The largest absolute Gasteiger partial charge is 0.491 e. The van der Waals surface area contributed by atoms with Gasteiger partial charge in [0.05, 0.1) is 46.4 Å². The Balaban J connectivity index is 0.000000245. The van der Waals surface area contributed by atoms with Crippen molar-refractivity contribution in [1.82, 2.24) is 14.9 Å². The van der Waals surface area contributed by atoms with Gasteiger partial charge in [-0.1, -0.05) is 119 Å². The molecule has 606 valence electrons. The predicted octanol–water partition coefficient (Wildman–Crippen LogP) is 17.4. The first kappa shape index (κ1) is 86.0. The van der Waals surface area contributed by atoms with Crippen LogP contribution in [-0.4, -0.2) is 108 Å². The van der Waals surface area contributed by atoms with Crippen LogP contribution in [0.4, 0.5) is 51.2 Å². The van der Waals surface area contributed by atoms with Crippen molar-refractivity contribution in [1.29, 1.82) is 0 Å². The highest BCUT2D eigenvalue weighted by Gasteiger charge is 2.52. The van der Waals surface area contributed by atoms with E-state index in [1.807, 2.05) is 172 Å². The summed E-state index contributed by atoms with van der Waals surface area (Å²) in [5.74, 6) is -1.67. The zero-order valence-electron chi connectivity index (χ0n) is 69.6. The smallest absolute Gasteiger partial charge is 0.278 e. The number of anilines is 7. The van der Waals surface area contributed by atoms with Crippen molar-refractivity contribution in [2.45, 2.75) is 167 Å². The number of fused-ring (bicyclic) bond motifs is 1. The molecule has 1 aromatic heterocycles. The number of benzene rings is 8. The van der Waals surface area contributed by atoms with E-state index in [1.54, 1.807) is 48.5 Å². The van der Waals surface area contributed by atoms with E-state index in [0.717, 1.165) is 88.7 Å². The Hall–Kier alpha value is -12.4. The fourth-order valence-corrected chi connectivity index (χ4v) is 14.0. The van der Waals surface area contributed by atoms with Crippen LogP contribution in [0.3, 0.4) is 0 Å². The van der Waals surface area contributed by atoms with Gasteiger partial charge >= 0.3 is 0 Å². The van der Waals surface area contributed by atoms with Crippen molar-refractivity contribution in [3.8, 4) is 17.2 Å². The lowest BCUT2D eigenvalue weighted by molar-refractivity contribution is -0.140. The highest BCUT2D eigenvalue weighted by molar-refractivity contribution is 6.73. The number of aryl methyl sites for hydroxylation is 7. The summed E-state index contributed by atoms with van der Waals surface area (Å²) in [6.45, 7) is 34.4. The van der Waals surface area contributed by atoms with Crippen LogP contribution in [0.25, 0.3) is 5.69 Å². The van der Waals surface area contributed by atoms with Crippen molar-refractivity contribution in [2.75, 3.05) is 75.9 Å². The lowest BCUT2D eigenvalue weighted by Crippen LogP contribution is -2.58. The van der Waals surface area contributed by atoms with Crippen molar-refractivity contribution >= 4 is 104 Å². The molecule has 1 atom stereocenters. The van der Waals surface area contributed by atoms with Crippen LogP contribution >= 0.6 is 0 Å². The molecule has 0 saturated carbocycles. The van der Waals surface area contributed by atoms with E-state index < -0.39 is 41.2 Å². The molecule has 0 saturated heterocycles. The Kier molecular flexibility index (Phi) is 29.0. The first-order valence-corrected chi connectivity index (χ1v) is 40.0. The molecule has 6 amide bonds. The highest BCUT2D eigenvalue weighted by Crippen LogP contribution is 2.39. The minimum absolute atomic E-state index is 0.0771. The second-order valence-corrected chi connectivity index (χ2v) is 30.1. The van der Waals surface area contributed by atoms with Crippen LogP contribution in [0, 0.1) is 47.0 Å². The van der Waals surface area contributed by atoms with Crippen molar-refractivity contribution < 1.29 is 43.0 Å². The van der Waals surface area contributed by atoms with E-state index in [2.05, 4.69) is 89.4 Å². The maximum Gasteiger partial charge on any atom is 0.278 e. The summed E-state index contributed by atoms with van der Waals surface area (Å²) in [7, 11) is 0. The predicted molar refractivity (Wildman–Crippen MR) is 466 cm³/mol. The number of aromatic nitrogens is 2. The first-order valence-electron chi connectivity index (χ1n) is 40.0. The van der Waals surface area contributed by atoms with Gasteiger partial charge in [-0.05, 0) is 237 Å². The number of rotatable bonds is 30. The van der Waals surface area contributed by atoms with Crippen LogP contribution < -0.4 is 56.7 Å². The fraction of sp³-hybridized carbons (Fsp3) is 0.344. The maximum absolute atomic E-state index is 14.7. The minimum atomic E-state index is -1.38. The monoisotopic (exact) mass is 1570 g/mol. The molecular formula is C93H109N13O10. The molecule has 9 aromatic rings. The quantitative estimate of drug-likeness (QED) is 0.0106. The fourth-order valence-electron chi connectivity index (χ4n) is 14.0. The molecule has 0 bridgehead atoms. The molecule has 0 fully saturated rings. The van der Waals surface area contributed by atoms with Gasteiger partial charge in [0.25, 0.3) is 29.2 Å². The third-order valence-corrected chi connectivity index (χ3v) is 20.6. The van der Waals surface area contributed by atoms with Gasteiger partial charge in [-0.3, -0.25) is 43.0 Å². The third kappa shape index (κ3) is 20.8. The zero-order valence-corrected chi connectivity index (χ0v) is 69.6. The number of aliphatic imine (C=N–C) groups is 3. The first-order chi connectivity index (χ1) is 55.6. The molecule has 2 heterocycles. The lowest BCUT2D eigenvalue weighted by atomic mass is 9.78. The number of hydrogen-bond acceptors (Lipinski definition) is 16. The second-order valence-electron chi connectivity index (χ2n) is 30.1. The number of ether oxygens (including phenoxy) is 3. The van der Waals surface area contributed by atoms with Gasteiger partial charge in [-0.25, -0.2) is 15.0 Å². The molecule has 2 aliphatic rings. The molecule has 23 nitrogen and oxygen atoms in total. The summed E-state index contributed by atoms with van der Waals surface area (Å²) >= 11 is 0. The number of amidine groups is 1. The number of amides is 6. The molecule has 8 aromatic carbocycles. The van der Waals surface area contributed by atoms with E-state index in [0.29, 0.717) is 64.6 Å². The summed E-state index contributed by atoms with van der Waals surface area (Å²) in [6, 6.07) is 51.8. The molecule has 23 heteroatoms. The van der Waals surface area contributed by atoms with Crippen molar-refractivity contribution in [3.05, 3.63) is 242 Å². The van der Waals surface area contributed by atoms with Gasteiger partial charge in [0.2, 0.25) is 18.1 Å². The molecule has 1 unspecified atom stereocenters. The van der Waals surface area contributed by atoms with Gasteiger partial charge in [-0.15, -0.1) is 0 Å². The number of nitrogens with zero attached hydrogens (tertiary/aromatic N) is 7. The van der Waals surface area contributed by atoms with Crippen LogP contribution in [0.2, 0.25) is 0 Å². The van der Waals surface area contributed by atoms with Crippen LogP contribution in [-0.2, 0) is 47.0 Å². The van der Waals surface area contributed by atoms with Crippen LogP contribution in [0.1, 0.15) is 168 Å². The molecule has 0 radical (unpaired) electrons. The molecule has 1 aliphatic heterocycles. The van der Waals surface area contributed by atoms with Crippen LogP contribution in [0.15, 0.2) is 190 Å². The average Bonchev–Trinajstić information content (AvgIpc) is 0.750. The summed E-state index contributed by atoms with van der Waals surface area (Å²) in [5, 5.41) is 18.1. The zero-order chi connectivity index (χ0) is 83.5. The summed E-state index contributed by atoms with van der Waals surface area (Å²) < 4.78 is 19.9. The SMILES string of the molecule is CCC(OCNc1ccc(C)c(NC(=O)C(=Nc2ccc(N(CC)CC)cc2C)C2=NC(=O)C(CC)(CC)C(=O)N2c2ccccc2)c1)Oc1ccc(C)cc1C(C)(C)C.CCNc1ccc(N=C(C(=O)Nc2cc(C(=O)NCCOc3ccc(C)cc3C)ccc2NC(C)=O)c2nc3c(c(=O)n2-c2ccccc2)CCCC3)c(C)c1. The van der Waals surface area contributed by atoms with Gasteiger partial charge in [0, 0.05) is 66.9 Å². The Morgan fingerprint density at radius 1 is 0.603 bits per heavy atom. The van der Waals surface area contributed by atoms with Crippen LogP contribution in [0.5, 0.6) is 11.5 Å². The third-order valence-electron chi connectivity index (χ3n) is 20.6. The van der Waals surface area contributed by atoms with E-state index in [1.165, 1.54) is 28.0 Å². The van der Waals surface area contributed by atoms with Crippen molar-refractivity contribution in [2.24, 2.45) is 20.4 Å². The number of hydrogen-bond donors (Lipinski definition) is 6. The second kappa shape index (κ2) is 39.1. The highest BCUT2D eigenvalue weighted by atomic mass is 16.7. The van der Waals surface area contributed by atoms with E-state index in [9.17, 15) is 33.6 Å². The summed E-state index contributed by atoms with van der Waals surface area (Å²) in [4.78, 5) is 121. The number of carbonyl (C=O) groups excluding carboxylic acids is 6. The van der Waals surface area contributed by atoms with E-state index in [-0.39, 0.29) is 89.6 Å². The van der Waals surface area contributed by atoms with E-state index >= 15 is 0 Å². The summed E-state index contributed by atoms with van der Waals surface area (Å²) in [5.41, 5.74) is 11.8. The minimum Gasteiger partial charge on any atom is -0.491 e. The number of nitrogens with one attached hydrogen (secondary N) is 6. The number of para-hydroxylation sites is 2. The van der Waals surface area contributed by atoms with Gasteiger partial charge in [0.1, 0.15) is 30.3 Å². The Morgan fingerprint density at radius 2 is 1.22 bits per heavy atom. The Labute approximate surface area is 680 Å². The van der Waals surface area contributed by atoms with Gasteiger partial charge < -0.3 is 51.0 Å². The molecule has 6 N–H and O–H groups in total. The Bertz CT molecular complexity index is 5250. The normalized spacial score (nSPS) is 13.6. The number of carbonyl (C=O) groups is 6. The Morgan fingerprint density at radius 3 is 1.86 bits per heavy atom. The topological polar surface area (TPSA) is 281 Å². The van der Waals surface area contributed by atoms with Crippen molar-refractivity contribution in [3.63, 3.8) is 0 Å². The molecule has 116 heavy (non-hydrogen) atoms. The average molecular weight is 1570 g/mol. The standard InChI is InChI=1S/C49H62N6O5.C44H47N7O5/c1-12-42(60-41-27-22-32(6)28-38(41)48(9,10)11)59-31-50-35-24-23-33(7)40(30-35)52-45(56)43(51-39-26-25-37(29-34(39)8)54(15-4)16-5)44-53-46(57)49(13-2,14-3)47(58)55(44)36-20-18-17-19-21-36;1-6-45-32-18-20-35(28(3)25-32)48-40(41-49-36-15-11-10-14-34(36)44(55)51(41)33-12-8-7-9-13-33)43(54)50-38-26-31(17-19-37(38)47-30(5)52)42(53)46-22-23-56-39-21-16-27(2)24-29(39)4/h17-30,42,50H,12-16,31H2,1-11H3,(H,52,56);7-9,12-13,16-21,24-26,45H,6,10-11,14-15,22-23H2,1-5H3,(H,46,53)(H,47,52)(H,50,54). The lowest BCUT2D eigenvalue weighted by Gasteiger charge is -2.38. The van der Waals surface area contributed by atoms with E-state index in [4.69, 9.17) is 29.2 Å².